The van der Waals surface area contributed by atoms with Gasteiger partial charge in [0.15, 0.2) is 0 Å². The van der Waals surface area contributed by atoms with Crippen LogP contribution in [0.1, 0.15) is 31.4 Å². The SMILES string of the molecule is Cn1ccc(CN2CCC(NCC3CC3)CC2)n1. The molecule has 0 spiro atoms. The first-order valence-electron chi connectivity index (χ1n) is 7.24. The average Bonchev–Trinajstić information content (AvgIpc) is 3.12. The third kappa shape index (κ3) is 3.33. The van der Waals surface area contributed by atoms with Crippen LogP contribution in [0.3, 0.4) is 0 Å². The maximum absolute atomic E-state index is 4.45. The third-order valence-electron chi connectivity index (χ3n) is 4.13. The van der Waals surface area contributed by atoms with E-state index in [0.29, 0.717) is 0 Å². The highest BCUT2D eigenvalue weighted by Crippen LogP contribution is 2.28. The first kappa shape index (κ1) is 12.2. The van der Waals surface area contributed by atoms with Crippen molar-refractivity contribution in [2.24, 2.45) is 13.0 Å². The molecule has 0 bridgehead atoms. The van der Waals surface area contributed by atoms with E-state index in [1.807, 2.05) is 17.9 Å². The molecule has 2 aliphatic rings. The van der Waals surface area contributed by atoms with Crippen molar-refractivity contribution in [3.05, 3.63) is 18.0 Å². The van der Waals surface area contributed by atoms with Crippen LogP contribution in [0.2, 0.25) is 0 Å². The number of hydrogen-bond acceptors (Lipinski definition) is 3. The minimum Gasteiger partial charge on any atom is -0.314 e. The number of nitrogens with zero attached hydrogens (tertiary/aromatic N) is 3. The molecule has 0 amide bonds. The molecule has 0 radical (unpaired) electrons. The molecule has 1 aliphatic heterocycles. The fraction of sp³-hybridized carbons (Fsp3) is 0.786. The van der Waals surface area contributed by atoms with Gasteiger partial charge < -0.3 is 5.32 Å². The summed E-state index contributed by atoms with van der Waals surface area (Å²) in [7, 11) is 1.98. The Bertz CT molecular complexity index is 375. The van der Waals surface area contributed by atoms with Crippen molar-refractivity contribution in [3.63, 3.8) is 0 Å². The van der Waals surface area contributed by atoms with E-state index in [2.05, 4.69) is 21.4 Å². The molecule has 1 saturated carbocycles. The van der Waals surface area contributed by atoms with E-state index in [1.54, 1.807) is 0 Å². The Morgan fingerprint density at radius 1 is 1.28 bits per heavy atom. The Morgan fingerprint density at radius 3 is 2.67 bits per heavy atom. The molecule has 1 N–H and O–H groups in total. The maximum atomic E-state index is 4.45. The topological polar surface area (TPSA) is 33.1 Å². The molecule has 1 aromatic rings. The molecule has 0 atom stereocenters. The van der Waals surface area contributed by atoms with Gasteiger partial charge in [-0.25, -0.2) is 0 Å². The van der Waals surface area contributed by atoms with Crippen molar-refractivity contribution in [1.82, 2.24) is 20.0 Å². The number of piperidine rings is 1. The molecule has 3 rings (SSSR count). The molecule has 1 aliphatic carbocycles. The molecule has 1 aromatic heterocycles. The lowest BCUT2D eigenvalue weighted by molar-refractivity contribution is 0.188. The number of likely N-dealkylation sites (tertiary alicyclic amines) is 1. The van der Waals surface area contributed by atoms with Crippen LogP contribution >= 0.6 is 0 Å². The molecular formula is C14H24N4. The summed E-state index contributed by atoms with van der Waals surface area (Å²) in [6, 6.07) is 2.88. The van der Waals surface area contributed by atoms with Crippen LogP contribution in [0.4, 0.5) is 0 Å². The largest absolute Gasteiger partial charge is 0.314 e. The summed E-state index contributed by atoms with van der Waals surface area (Å²) in [5, 5.41) is 8.18. The van der Waals surface area contributed by atoms with Crippen LogP contribution in [0, 0.1) is 5.92 Å². The van der Waals surface area contributed by atoms with E-state index in [-0.39, 0.29) is 0 Å². The van der Waals surface area contributed by atoms with Crippen LogP contribution < -0.4 is 5.32 Å². The van der Waals surface area contributed by atoms with Gasteiger partial charge in [-0.2, -0.15) is 5.10 Å². The Balaban J connectivity index is 1.39. The second kappa shape index (κ2) is 5.41. The summed E-state index contributed by atoms with van der Waals surface area (Å²) < 4.78 is 1.89. The van der Waals surface area contributed by atoms with Crippen LogP contribution in [0.5, 0.6) is 0 Å². The molecule has 2 heterocycles. The summed E-state index contributed by atoms with van der Waals surface area (Å²) in [5.41, 5.74) is 1.20. The molecule has 4 heteroatoms. The highest BCUT2D eigenvalue weighted by atomic mass is 15.3. The summed E-state index contributed by atoms with van der Waals surface area (Å²) in [5.74, 6) is 0.997. The van der Waals surface area contributed by atoms with E-state index in [4.69, 9.17) is 0 Å². The highest BCUT2D eigenvalue weighted by Gasteiger charge is 2.24. The Hall–Kier alpha value is -0.870. The van der Waals surface area contributed by atoms with Crippen molar-refractivity contribution in [2.45, 2.75) is 38.3 Å². The van der Waals surface area contributed by atoms with E-state index >= 15 is 0 Å². The summed E-state index contributed by atoms with van der Waals surface area (Å²) in [4.78, 5) is 2.53. The molecule has 0 unspecified atom stereocenters. The van der Waals surface area contributed by atoms with E-state index < -0.39 is 0 Å². The zero-order valence-corrected chi connectivity index (χ0v) is 11.3. The summed E-state index contributed by atoms with van der Waals surface area (Å²) >= 11 is 0. The number of aryl methyl sites for hydroxylation is 1. The van der Waals surface area contributed by atoms with Gasteiger partial charge in [0.05, 0.1) is 5.69 Å². The van der Waals surface area contributed by atoms with Gasteiger partial charge >= 0.3 is 0 Å². The van der Waals surface area contributed by atoms with Crippen molar-refractivity contribution in [1.29, 1.82) is 0 Å². The summed E-state index contributed by atoms with van der Waals surface area (Å²) in [6.07, 6.45) is 7.51. The lowest BCUT2D eigenvalue weighted by Gasteiger charge is -2.32. The van der Waals surface area contributed by atoms with Gasteiger partial charge in [0.2, 0.25) is 0 Å². The fourth-order valence-electron chi connectivity index (χ4n) is 2.73. The predicted octanol–water partition coefficient (Wildman–Crippen LogP) is 1.38. The smallest absolute Gasteiger partial charge is 0.0764 e. The standard InChI is InChI=1S/C14H24N4/c1-17-7-4-14(16-17)11-18-8-5-13(6-9-18)15-10-12-2-3-12/h4,7,12-13,15H,2-3,5-6,8-11H2,1H3. The van der Waals surface area contributed by atoms with Crippen LogP contribution in [0.25, 0.3) is 0 Å². The molecule has 100 valence electrons. The average molecular weight is 248 g/mol. The van der Waals surface area contributed by atoms with Gasteiger partial charge in [0, 0.05) is 38.9 Å². The second-order valence-electron chi connectivity index (χ2n) is 5.88. The normalized spacial score (nSPS) is 22.5. The minimum absolute atomic E-state index is 0.755. The van der Waals surface area contributed by atoms with E-state index in [0.717, 1.165) is 18.5 Å². The van der Waals surface area contributed by atoms with Gasteiger partial charge in [-0.05, 0) is 44.2 Å². The molecule has 1 saturated heterocycles. The van der Waals surface area contributed by atoms with Crippen molar-refractivity contribution >= 4 is 0 Å². The molecule has 18 heavy (non-hydrogen) atoms. The molecule has 4 nitrogen and oxygen atoms in total. The first-order valence-corrected chi connectivity index (χ1v) is 7.24. The monoisotopic (exact) mass is 248 g/mol. The third-order valence-corrected chi connectivity index (χ3v) is 4.13. The number of aromatic nitrogens is 2. The Morgan fingerprint density at radius 2 is 2.06 bits per heavy atom. The van der Waals surface area contributed by atoms with E-state index in [9.17, 15) is 0 Å². The minimum atomic E-state index is 0.755. The van der Waals surface area contributed by atoms with Crippen molar-refractivity contribution in [3.8, 4) is 0 Å². The summed E-state index contributed by atoms with van der Waals surface area (Å²) in [6.45, 7) is 4.68. The highest BCUT2D eigenvalue weighted by molar-refractivity contribution is 4.99. The molecular weight excluding hydrogens is 224 g/mol. The predicted molar refractivity (Wildman–Crippen MR) is 72.2 cm³/mol. The van der Waals surface area contributed by atoms with Gasteiger partial charge in [-0.1, -0.05) is 0 Å². The first-order chi connectivity index (χ1) is 8.79. The number of rotatable bonds is 5. The van der Waals surface area contributed by atoms with Gasteiger partial charge in [-0.3, -0.25) is 9.58 Å². The zero-order chi connectivity index (χ0) is 12.4. The second-order valence-corrected chi connectivity index (χ2v) is 5.88. The van der Waals surface area contributed by atoms with Crippen LogP contribution in [0.15, 0.2) is 12.3 Å². The lowest BCUT2D eigenvalue weighted by atomic mass is 10.0. The van der Waals surface area contributed by atoms with Gasteiger partial charge in [0.25, 0.3) is 0 Å². The lowest BCUT2D eigenvalue weighted by Crippen LogP contribution is -2.42. The quantitative estimate of drug-likeness (QED) is 0.854. The van der Waals surface area contributed by atoms with E-state index in [1.165, 1.54) is 51.0 Å². The Labute approximate surface area is 109 Å². The Kier molecular flexibility index (Phi) is 3.66. The fourth-order valence-corrected chi connectivity index (χ4v) is 2.73. The van der Waals surface area contributed by atoms with Crippen molar-refractivity contribution in [2.75, 3.05) is 19.6 Å². The van der Waals surface area contributed by atoms with Gasteiger partial charge in [0.1, 0.15) is 0 Å². The zero-order valence-electron chi connectivity index (χ0n) is 11.3. The number of hydrogen-bond donors (Lipinski definition) is 1. The van der Waals surface area contributed by atoms with Crippen molar-refractivity contribution < 1.29 is 0 Å². The van der Waals surface area contributed by atoms with Gasteiger partial charge in [-0.15, -0.1) is 0 Å². The van der Waals surface area contributed by atoms with Crippen LogP contribution in [-0.4, -0.2) is 40.4 Å². The molecule has 0 aromatic carbocycles. The van der Waals surface area contributed by atoms with Crippen LogP contribution in [-0.2, 0) is 13.6 Å². The number of nitrogens with one attached hydrogen (secondary N) is 1. The molecule has 2 fully saturated rings. The maximum Gasteiger partial charge on any atom is 0.0764 e.